The molecule has 200 valence electrons. The van der Waals surface area contributed by atoms with E-state index in [1.54, 1.807) is 17.4 Å². The molecular formula is C30H35N2O5S+. The summed E-state index contributed by atoms with van der Waals surface area (Å²) >= 11 is 1.74. The van der Waals surface area contributed by atoms with Crippen LogP contribution < -0.4 is 9.47 Å². The normalized spacial score (nSPS) is 16.4. The first kappa shape index (κ1) is 26.4. The predicted molar refractivity (Wildman–Crippen MR) is 150 cm³/mol. The number of anilines is 1. The van der Waals surface area contributed by atoms with Crippen LogP contribution in [0.3, 0.4) is 0 Å². The second kappa shape index (κ2) is 12.6. The highest BCUT2D eigenvalue weighted by Crippen LogP contribution is 2.40. The van der Waals surface area contributed by atoms with Crippen molar-refractivity contribution in [3.05, 3.63) is 65.3 Å². The molecule has 2 aliphatic heterocycles. The number of hydrogen-bond acceptors (Lipinski definition) is 7. The molecule has 0 amide bonds. The minimum absolute atomic E-state index is 0.128. The van der Waals surface area contributed by atoms with E-state index in [9.17, 15) is 9.90 Å². The number of aromatic nitrogens is 1. The third-order valence-electron chi connectivity index (χ3n) is 6.83. The summed E-state index contributed by atoms with van der Waals surface area (Å²) in [7, 11) is 0. The summed E-state index contributed by atoms with van der Waals surface area (Å²) < 4.78 is 19.9. The molecule has 1 N–H and O–H groups in total. The summed E-state index contributed by atoms with van der Waals surface area (Å²) in [5, 5.41) is 12.0. The van der Waals surface area contributed by atoms with Gasteiger partial charge in [-0.3, -0.25) is 4.79 Å². The van der Waals surface area contributed by atoms with Gasteiger partial charge in [-0.1, -0.05) is 36.0 Å². The molecule has 0 aliphatic carbocycles. The molecule has 0 unspecified atom stereocenters. The number of allylic oxidation sites excluding steroid dienone is 2. The van der Waals surface area contributed by atoms with E-state index in [1.165, 1.54) is 10.2 Å². The molecule has 1 saturated heterocycles. The van der Waals surface area contributed by atoms with Crippen LogP contribution in [-0.2, 0) is 25.5 Å². The fourth-order valence-electron chi connectivity index (χ4n) is 5.01. The van der Waals surface area contributed by atoms with Crippen molar-refractivity contribution in [1.29, 1.82) is 0 Å². The number of ether oxygens (including phenoxy) is 3. The maximum Gasteiger partial charge on any atom is 0.305 e. The molecule has 0 bridgehead atoms. The number of unbranched alkanes of at least 4 members (excludes halogenated alkanes) is 2. The fourth-order valence-corrected chi connectivity index (χ4v) is 6.15. The van der Waals surface area contributed by atoms with Crippen molar-refractivity contribution in [1.82, 2.24) is 0 Å². The van der Waals surface area contributed by atoms with Crippen molar-refractivity contribution >= 4 is 44.9 Å². The predicted octanol–water partition coefficient (Wildman–Crippen LogP) is 5.66. The van der Waals surface area contributed by atoms with Crippen LogP contribution in [0.4, 0.5) is 5.69 Å². The van der Waals surface area contributed by atoms with Crippen molar-refractivity contribution in [2.45, 2.75) is 51.9 Å². The maximum atomic E-state index is 11.6. The SMILES string of the molecule is CCOC(=O)CCCCCN1C=C/C(=C\c2sc3ccccc3[n+]2CCC2OCCO2)c2c(O)cccc21. The second-order valence-corrected chi connectivity index (χ2v) is 10.5. The summed E-state index contributed by atoms with van der Waals surface area (Å²) in [6.45, 7) is 5.16. The largest absolute Gasteiger partial charge is 0.507 e. The van der Waals surface area contributed by atoms with Gasteiger partial charge in [0.05, 0.1) is 31.9 Å². The molecule has 0 atom stereocenters. The van der Waals surface area contributed by atoms with E-state index in [0.29, 0.717) is 26.2 Å². The number of phenolic OH excluding ortho intramolecular Hbond substituents is 1. The number of phenols is 1. The number of fused-ring (bicyclic) bond motifs is 2. The molecule has 8 heteroatoms. The summed E-state index contributed by atoms with van der Waals surface area (Å²) in [6, 6.07) is 14.1. The zero-order chi connectivity index (χ0) is 26.3. The Morgan fingerprint density at radius 1 is 1.16 bits per heavy atom. The zero-order valence-electron chi connectivity index (χ0n) is 21.8. The molecule has 7 nitrogen and oxygen atoms in total. The van der Waals surface area contributed by atoms with E-state index in [4.69, 9.17) is 14.2 Å². The third-order valence-corrected chi connectivity index (χ3v) is 7.95. The van der Waals surface area contributed by atoms with E-state index >= 15 is 0 Å². The topological polar surface area (TPSA) is 72.1 Å². The average molecular weight is 536 g/mol. The minimum Gasteiger partial charge on any atom is -0.507 e. The number of aromatic hydroxyl groups is 1. The first-order valence-electron chi connectivity index (χ1n) is 13.4. The summed E-state index contributed by atoms with van der Waals surface area (Å²) in [5.41, 5.74) is 3.99. The highest BCUT2D eigenvalue weighted by molar-refractivity contribution is 7.18. The van der Waals surface area contributed by atoms with Crippen LogP contribution in [0.15, 0.2) is 54.7 Å². The van der Waals surface area contributed by atoms with Gasteiger partial charge < -0.3 is 24.2 Å². The molecule has 5 rings (SSSR count). The maximum absolute atomic E-state index is 11.6. The standard InChI is InChI=1S/C30H34N2O5S/c1-2-35-28(34)13-4-3-7-16-31-17-14-22(30-24(31)10-8-11-25(30)33)21-27-32(18-15-29-36-19-20-37-29)23-9-5-6-12-26(23)38-27/h5-6,8-12,14,17,21,29H,2-4,7,13,15-16,18-20H2,1H3/p+1. The molecule has 0 radical (unpaired) electrons. The molecule has 3 aromatic rings. The van der Waals surface area contributed by atoms with E-state index < -0.39 is 0 Å². The minimum atomic E-state index is -0.160. The molecular weight excluding hydrogens is 500 g/mol. The van der Waals surface area contributed by atoms with Crippen LogP contribution in [0.2, 0.25) is 0 Å². The smallest absolute Gasteiger partial charge is 0.305 e. The highest BCUT2D eigenvalue weighted by Gasteiger charge is 2.25. The van der Waals surface area contributed by atoms with E-state index in [-0.39, 0.29) is 18.0 Å². The zero-order valence-corrected chi connectivity index (χ0v) is 22.6. The number of para-hydroxylation sites is 1. The van der Waals surface area contributed by atoms with Gasteiger partial charge >= 0.3 is 5.97 Å². The lowest BCUT2D eigenvalue weighted by atomic mass is 9.98. The third kappa shape index (κ3) is 6.09. The second-order valence-electron chi connectivity index (χ2n) is 9.42. The Bertz CT molecular complexity index is 1330. The Morgan fingerprint density at radius 2 is 2.00 bits per heavy atom. The number of aryl methyl sites for hydroxylation is 1. The lowest BCUT2D eigenvalue weighted by Crippen LogP contribution is -2.37. The Morgan fingerprint density at radius 3 is 2.84 bits per heavy atom. The number of carbonyl (C=O) groups is 1. The lowest BCUT2D eigenvalue weighted by Gasteiger charge is -2.28. The first-order chi connectivity index (χ1) is 18.6. The summed E-state index contributed by atoms with van der Waals surface area (Å²) in [5.74, 6) is 0.142. The number of hydrogen-bond donors (Lipinski definition) is 1. The Labute approximate surface area is 227 Å². The van der Waals surface area contributed by atoms with Gasteiger partial charge in [0.15, 0.2) is 12.8 Å². The number of nitrogens with zero attached hydrogens (tertiary/aromatic N) is 2. The number of rotatable bonds is 11. The van der Waals surface area contributed by atoms with Crippen LogP contribution >= 0.6 is 11.3 Å². The Balaban J connectivity index is 1.36. The molecule has 2 aliphatic rings. The Hall–Kier alpha value is -3.20. The quantitative estimate of drug-likeness (QED) is 0.194. The van der Waals surface area contributed by atoms with Gasteiger partial charge in [-0.2, -0.15) is 4.57 Å². The molecule has 0 saturated carbocycles. The van der Waals surface area contributed by atoms with Crippen LogP contribution in [0.25, 0.3) is 21.9 Å². The van der Waals surface area contributed by atoms with Gasteiger partial charge in [0.1, 0.15) is 10.4 Å². The van der Waals surface area contributed by atoms with Gasteiger partial charge in [0.25, 0.3) is 5.01 Å². The molecule has 0 spiro atoms. The van der Waals surface area contributed by atoms with Crippen LogP contribution in [0, 0.1) is 0 Å². The molecule has 38 heavy (non-hydrogen) atoms. The van der Waals surface area contributed by atoms with E-state index in [0.717, 1.165) is 60.6 Å². The molecule has 1 aromatic heterocycles. The Kier molecular flexibility index (Phi) is 8.73. The van der Waals surface area contributed by atoms with Gasteiger partial charge in [-0.05, 0) is 49.6 Å². The van der Waals surface area contributed by atoms with E-state index in [2.05, 4.69) is 58.2 Å². The molecule has 1 fully saturated rings. The summed E-state index contributed by atoms with van der Waals surface area (Å²) in [6.07, 6.45) is 10.1. The van der Waals surface area contributed by atoms with Crippen molar-refractivity contribution in [2.24, 2.45) is 0 Å². The van der Waals surface area contributed by atoms with Gasteiger partial charge in [-0.25, -0.2) is 0 Å². The fraction of sp³-hybridized carbons (Fsp3) is 0.400. The van der Waals surface area contributed by atoms with Crippen LogP contribution in [0.5, 0.6) is 5.75 Å². The van der Waals surface area contributed by atoms with Gasteiger partial charge in [0.2, 0.25) is 5.52 Å². The summed E-state index contributed by atoms with van der Waals surface area (Å²) in [4.78, 5) is 13.8. The number of thiazole rings is 1. The molecule has 3 heterocycles. The van der Waals surface area contributed by atoms with Crippen LogP contribution in [-0.4, -0.2) is 43.7 Å². The average Bonchev–Trinajstić information content (AvgIpc) is 3.56. The van der Waals surface area contributed by atoms with Crippen molar-refractivity contribution < 1.29 is 28.7 Å². The van der Waals surface area contributed by atoms with Crippen molar-refractivity contribution in [2.75, 3.05) is 31.3 Å². The first-order valence-corrected chi connectivity index (χ1v) is 14.2. The lowest BCUT2D eigenvalue weighted by molar-refractivity contribution is -0.670. The number of esters is 1. The van der Waals surface area contributed by atoms with Crippen LogP contribution in [0.1, 0.15) is 49.6 Å². The van der Waals surface area contributed by atoms with E-state index in [1.807, 2.05) is 13.0 Å². The van der Waals surface area contributed by atoms with Gasteiger partial charge in [-0.15, -0.1) is 0 Å². The number of carbonyl (C=O) groups excluding carboxylic acids is 1. The number of benzene rings is 2. The van der Waals surface area contributed by atoms with Crippen molar-refractivity contribution in [3.63, 3.8) is 0 Å². The monoisotopic (exact) mass is 535 g/mol. The molecule has 2 aromatic carbocycles. The highest BCUT2D eigenvalue weighted by atomic mass is 32.1. The van der Waals surface area contributed by atoms with Crippen molar-refractivity contribution in [3.8, 4) is 5.75 Å². The van der Waals surface area contributed by atoms with Gasteiger partial charge in [0, 0.05) is 36.9 Å².